The van der Waals surface area contributed by atoms with Gasteiger partial charge in [0.2, 0.25) is 0 Å². The third-order valence-electron chi connectivity index (χ3n) is 3.22. The lowest BCUT2D eigenvalue weighted by molar-refractivity contribution is -0.113. The van der Waals surface area contributed by atoms with Crippen LogP contribution in [0.2, 0.25) is 10.0 Å². The lowest BCUT2D eigenvalue weighted by Gasteiger charge is -2.14. The number of anilines is 1. The van der Waals surface area contributed by atoms with Gasteiger partial charge < -0.3 is 5.32 Å². The van der Waals surface area contributed by atoms with E-state index in [1.54, 1.807) is 30.3 Å². The summed E-state index contributed by atoms with van der Waals surface area (Å²) in [6.07, 6.45) is 1.65. The average molecular weight is 367 g/mol. The van der Waals surface area contributed by atoms with Gasteiger partial charge in [0.1, 0.15) is 11.5 Å². The Bertz CT molecular complexity index is 836. The van der Waals surface area contributed by atoms with E-state index in [-0.39, 0.29) is 16.0 Å². The van der Waals surface area contributed by atoms with Crippen LogP contribution in [0.25, 0.3) is 6.08 Å². The monoisotopic (exact) mass is 366 g/mol. The molecule has 3 nitrogen and oxygen atoms in total. The SMILES string of the molecule is O=C1/C(=C/c2ccc(Cl)cc2)NC(=S)N1c1ccc(Cl)c(F)c1. The molecule has 23 heavy (non-hydrogen) atoms. The Morgan fingerprint density at radius 1 is 1.13 bits per heavy atom. The van der Waals surface area contributed by atoms with Crippen LogP contribution in [0.1, 0.15) is 5.56 Å². The van der Waals surface area contributed by atoms with Crippen LogP contribution < -0.4 is 10.2 Å². The first kappa shape index (κ1) is 15.9. The predicted molar refractivity (Wildman–Crippen MR) is 94.1 cm³/mol. The van der Waals surface area contributed by atoms with E-state index in [2.05, 4.69) is 5.32 Å². The van der Waals surface area contributed by atoms with Crippen LogP contribution in [-0.4, -0.2) is 11.0 Å². The zero-order valence-corrected chi connectivity index (χ0v) is 13.8. The molecule has 0 saturated carbocycles. The van der Waals surface area contributed by atoms with Crippen LogP contribution in [-0.2, 0) is 4.79 Å². The maximum Gasteiger partial charge on any atom is 0.281 e. The Hall–Kier alpha value is -1.95. The first-order chi connectivity index (χ1) is 11.0. The van der Waals surface area contributed by atoms with Gasteiger partial charge in [0.25, 0.3) is 5.91 Å². The second-order valence-corrected chi connectivity index (χ2v) is 6.01. The quantitative estimate of drug-likeness (QED) is 0.631. The van der Waals surface area contributed by atoms with Gasteiger partial charge in [-0.05, 0) is 54.2 Å². The normalized spacial score (nSPS) is 16.1. The summed E-state index contributed by atoms with van der Waals surface area (Å²) in [7, 11) is 0. The van der Waals surface area contributed by atoms with E-state index < -0.39 is 5.82 Å². The van der Waals surface area contributed by atoms with Crippen molar-refractivity contribution in [1.82, 2.24) is 5.32 Å². The number of halogens is 3. The average Bonchev–Trinajstić information content (AvgIpc) is 2.79. The number of carbonyl (C=O) groups excluding carboxylic acids is 1. The van der Waals surface area contributed by atoms with E-state index in [1.807, 2.05) is 0 Å². The smallest absolute Gasteiger partial charge is 0.281 e. The lowest BCUT2D eigenvalue weighted by Crippen LogP contribution is -2.30. The standard InChI is InChI=1S/C16H9Cl2FN2OS/c17-10-3-1-9(2-4-10)7-14-15(22)21(16(23)20-14)11-5-6-12(18)13(19)8-11/h1-8H,(H,20,23)/b14-7-. The minimum atomic E-state index is -0.616. The molecule has 1 N–H and O–H groups in total. The van der Waals surface area contributed by atoms with Crippen LogP contribution >= 0.6 is 35.4 Å². The second-order valence-electron chi connectivity index (χ2n) is 4.78. The molecular weight excluding hydrogens is 358 g/mol. The van der Waals surface area contributed by atoms with E-state index in [0.717, 1.165) is 5.56 Å². The fourth-order valence-corrected chi connectivity index (χ4v) is 2.66. The number of hydrogen-bond acceptors (Lipinski definition) is 2. The molecule has 0 bridgehead atoms. The molecule has 0 unspecified atom stereocenters. The Balaban J connectivity index is 1.93. The van der Waals surface area contributed by atoms with Gasteiger partial charge >= 0.3 is 0 Å². The van der Waals surface area contributed by atoms with Crippen molar-refractivity contribution in [3.63, 3.8) is 0 Å². The van der Waals surface area contributed by atoms with Gasteiger partial charge in [-0.3, -0.25) is 9.69 Å². The largest absolute Gasteiger partial charge is 0.327 e. The Morgan fingerprint density at radius 3 is 2.48 bits per heavy atom. The number of thiocarbonyl (C=S) groups is 1. The number of nitrogens with one attached hydrogen (secondary N) is 1. The number of carbonyl (C=O) groups is 1. The van der Waals surface area contributed by atoms with Crippen molar-refractivity contribution in [2.75, 3.05) is 4.90 Å². The molecule has 116 valence electrons. The highest BCUT2D eigenvalue weighted by atomic mass is 35.5. The van der Waals surface area contributed by atoms with Crippen LogP contribution in [0, 0.1) is 5.82 Å². The van der Waals surface area contributed by atoms with Crippen molar-refractivity contribution in [3.05, 3.63) is 69.6 Å². The fraction of sp³-hybridized carbons (Fsp3) is 0. The van der Waals surface area contributed by atoms with E-state index in [4.69, 9.17) is 35.4 Å². The number of amides is 1. The Labute approximate surface area is 147 Å². The molecule has 7 heteroatoms. The highest BCUT2D eigenvalue weighted by Gasteiger charge is 2.32. The van der Waals surface area contributed by atoms with E-state index >= 15 is 0 Å². The Morgan fingerprint density at radius 2 is 1.83 bits per heavy atom. The molecule has 3 rings (SSSR count). The van der Waals surface area contributed by atoms with Gasteiger partial charge in [-0.15, -0.1) is 0 Å². The molecule has 1 aliphatic rings. The maximum atomic E-state index is 13.6. The zero-order valence-electron chi connectivity index (χ0n) is 11.5. The number of nitrogens with zero attached hydrogens (tertiary/aromatic N) is 1. The van der Waals surface area contributed by atoms with Crippen molar-refractivity contribution in [1.29, 1.82) is 0 Å². The van der Waals surface area contributed by atoms with Gasteiger partial charge in [0.15, 0.2) is 5.11 Å². The molecule has 1 saturated heterocycles. The highest BCUT2D eigenvalue weighted by molar-refractivity contribution is 7.80. The van der Waals surface area contributed by atoms with Gasteiger partial charge in [-0.1, -0.05) is 35.3 Å². The van der Waals surface area contributed by atoms with Gasteiger partial charge in [0.05, 0.1) is 10.7 Å². The number of rotatable bonds is 2. The summed E-state index contributed by atoms with van der Waals surface area (Å²) in [4.78, 5) is 13.7. The first-order valence-electron chi connectivity index (χ1n) is 6.53. The topological polar surface area (TPSA) is 32.3 Å². The minimum absolute atomic E-state index is 0.0174. The molecule has 0 aromatic heterocycles. The highest BCUT2D eigenvalue weighted by Crippen LogP contribution is 2.26. The molecule has 0 spiro atoms. The van der Waals surface area contributed by atoms with Gasteiger partial charge in [-0.2, -0.15) is 0 Å². The maximum absolute atomic E-state index is 13.6. The third kappa shape index (κ3) is 3.22. The summed E-state index contributed by atoms with van der Waals surface area (Å²) >= 11 is 16.7. The molecule has 1 aliphatic heterocycles. The molecule has 1 amide bonds. The molecule has 2 aromatic rings. The molecular formula is C16H9Cl2FN2OS. The summed E-state index contributed by atoms with van der Waals surface area (Å²) < 4.78 is 13.6. The predicted octanol–water partition coefficient (Wildman–Crippen LogP) is 4.39. The van der Waals surface area contributed by atoms with Crippen LogP contribution in [0.3, 0.4) is 0 Å². The fourth-order valence-electron chi connectivity index (χ4n) is 2.12. The van der Waals surface area contributed by atoms with Crippen LogP contribution in [0.4, 0.5) is 10.1 Å². The van der Waals surface area contributed by atoms with E-state index in [0.29, 0.717) is 16.4 Å². The molecule has 2 aromatic carbocycles. The number of benzene rings is 2. The van der Waals surface area contributed by atoms with E-state index in [9.17, 15) is 9.18 Å². The van der Waals surface area contributed by atoms with Gasteiger partial charge in [0, 0.05) is 5.02 Å². The molecule has 1 fully saturated rings. The van der Waals surface area contributed by atoms with Crippen molar-refractivity contribution < 1.29 is 9.18 Å². The van der Waals surface area contributed by atoms with Crippen molar-refractivity contribution in [3.8, 4) is 0 Å². The summed E-state index contributed by atoms with van der Waals surface area (Å²) in [6.45, 7) is 0. The minimum Gasteiger partial charge on any atom is -0.327 e. The van der Waals surface area contributed by atoms with Crippen molar-refractivity contribution >= 4 is 58.2 Å². The van der Waals surface area contributed by atoms with Crippen LogP contribution in [0.15, 0.2) is 48.2 Å². The van der Waals surface area contributed by atoms with Crippen molar-refractivity contribution in [2.45, 2.75) is 0 Å². The summed E-state index contributed by atoms with van der Waals surface area (Å²) in [5.41, 5.74) is 1.40. The molecule has 1 heterocycles. The van der Waals surface area contributed by atoms with E-state index in [1.165, 1.54) is 23.1 Å². The first-order valence-corrected chi connectivity index (χ1v) is 7.70. The molecule has 0 radical (unpaired) electrons. The van der Waals surface area contributed by atoms with Crippen LogP contribution in [0.5, 0.6) is 0 Å². The molecule has 0 atom stereocenters. The Kier molecular flexibility index (Phi) is 4.35. The second kappa shape index (κ2) is 6.28. The summed E-state index contributed by atoms with van der Waals surface area (Å²) in [6, 6.07) is 11.1. The number of hydrogen-bond donors (Lipinski definition) is 1. The molecule has 0 aliphatic carbocycles. The van der Waals surface area contributed by atoms with Gasteiger partial charge in [-0.25, -0.2) is 4.39 Å². The summed E-state index contributed by atoms with van der Waals surface area (Å²) in [5.74, 6) is -0.985. The van der Waals surface area contributed by atoms with Crippen molar-refractivity contribution in [2.24, 2.45) is 0 Å². The third-order valence-corrected chi connectivity index (χ3v) is 4.06. The zero-order chi connectivity index (χ0) is 16.6. The lowest BCUT2D eigenvalue weighted by atomic mass is 10.2. The summed E-state index contributed by atoms with van der Waals surface area (Å²) in [5, 5.41) is 3.59.